The topological polar surface area (TPSA) is 32.3 Å². The van der Waals surface area contributed by atoms with E-state index in [1.165, 1.54) is 5.56 Å². The summed E-state index contributed by atoms with van der Waals surface area (Å²) in [7, 11) is 0. The SMILES string of the molecule is [O-][Cl+]OCc1ccccc1CCBr. The Morgan fingerprint density at radius 2 is 2.00 bits per heavy atom. The number of alkyl halides is 1. The third kappa shape index (κ3) is 3.65. The molecule has 1 aromatic rings. The van der Waals surface area contributed by atoms with Gasteiger partial charge in [0, 0.05) is 5.33 Å². The molecule has 0 aliphatic carbocycles. The fourth-order valence-corrected chi connectivity index (χ4v) is 1.71. The van der Waals surface area contributed by atoms with Crippen LogP contribution in [0.2, 0.25) is 0 Å². The van der Waals surface area contributed by atoms with E-state index in [1.807, 2.05) is 24.3 Å². The van der Waals surface area contributed by atoms with Gasteiger partial charge in [-0.3, -0.25) is 0 Å². The van der Waals surface area contributed by atoms with E-state index in [2.05, 4.69) is 15.9 Å². The second kappa shape index (κ2) is 6.38. The Kier molecular flexibility index (Phi) is 5.39. The molecule has 0 aliphatic heterocycles. The van der Waals surface area contributed by atoms with Crippen LogP contribution in [0.15, 0.2) is 24.3 Å². The molecule has 0 radical (unpaired) electrons. The van der Waals surface area contributed by atoms with Crippen LogP contribution in [-0.4, -0.2) is 5.33 Å². The van der Waals surface area contributed by atoms with E-state index in [-0.39, 0.29) is 0 Å². The molecule has 0 atom stereocenters. The first-order valence-corrected chi connectivity index (χ1v) is 5.64. The summed E-state index contributed by atoms with van der Waals surface area (Å²) in [6, 6.07) is 7.95. The highest BCUT2D eigenvalue weighted by Crippen LogP contribution is 2.11. The molecule has 0 bridgehead atoms. The first-order valence-electron chi connectivity index (χ1n) is 3.90. The van der Waals surface area contributed by atoms with Gasteiger partial charge in [-0.25, -0.2) is 0 Å². The van der Waals surface area contributed by atoms with Crippen molar-refractivity contribution in [2.24, 2.45) is 0 Å². The lowest BCUT2D eigenvalue weighted by molar-refractivity contribution is -1.27. The molecule has 0 aliphatic rings. The van der Waals surface area contributed by atoms with Gasteiger partial charge in [0.1, 0.15) is 6.61 Å². The third-order valence-corrected chi connectivity index (χ3v) is 2.33. The standard InChI is InChI=1S/C9H10BrClO2/c10-6-5-8-3-1-2-4-9(8)7-13-11-12/h1-4H,5-7H2. The quantitative estimate of drug-likeness (QED) is 0.754. The van der Waals surface area contributed by atoms with E-state index in [4.69, 9.17) is 4.29 Å². The maximum Gasteiger partial charge on any atom is 0.331 e. The summed E-state index contributed by atoms with van der Waals surface area (Å²) in [5.41, 5.74) is 2.30. The molecule has 0 N–H and O–H groups in total. The highest BCUT2D eigenvalue weighted by Gasteiger charge is 2.03. The van der Waals surface area contributed by atoms with E-state index in [9.17, 15) is 4.66 Å². The highest BCUT2D eigenvalue weighted by atomic mass is 79.9. The van der Waals surface area contributed by atoms with Crippen molar-refractivity contribution in [2.45, 2.75) is 13.0 Å². The van der Waals surface area contributed by atoms with Crippen LogP contribution in [0.25, 0.3) is 0 Å². The smallest absolute Gasteiger partial charge is 0.331 e. The van der Waals surface area contributed by atoms with Crippen molar-refractivity contribution in [1.29, 1.82) is 0 Å². The minimum absolute atomic E-state index is 0.362. The number of rotatable bonds is 5. The molecule has 0 spiro atoms. The number of hydrogen-bond acceptors (Lipinski definition) is 2. The fraction of sp³-hybridized carbons (Fsp3) is 0.333. The normalized spacial score (nSPS) is 10.3. The van der Waals surface area contributed by atoms with E-state index >= 15 is 0 Å². The van der Waals surface area contributed by atoms with Crippen LogP contribution in [0.3, 0.4) is 0 Å². The van der Waals surface area contributed by atoms with Crippen molar-refractivity contribution in [3.63, 3.8) is 0 Å². The summed E-state index contributed by atoms with van der Waals surface area (Å²) in [6.07, 6.45) is 0.955. The Labute approximate surface area is 90.1 Å². The molecule has 0 heterocycles. The van der Waals surface area contributed by atoms with Gasteiger partial charge in [-0.2, -0.15) is 0 Å². The van der Waals surface area contributed by atoms with Gasteiger partial charge < -0.3 is 4.66 Å². The molecule has 0 fully saturated rings. The maximum atomic E-state index is 10.0. The van der Waals surface area contributed by atoms with E-state index in [0.717, 1.165) is 17.3 Å². The van der Waals surface area contributed by atoms with E-state index in [0.29, 0.717) is 17.9 Å². The van der Waals surface area contributed by atoms with Gasteiger partial charge in [-0.1, -0.05) is 44.5 Å². The molecule has 13 heavy (non-hydrogen) atoms. The molecule has 0 saturated heterocycles. The van der Waals surface area contributed by atoms with Crippen molar-refractivity contribution in [2.75, 3.05) is 5.33 Å². The lowest BCUT2D eigenvalue weighted by Crippen LogP contribution is -2.05. The van der Waals surface area contributed by atoms with Crippen molar-refractivity contribution in [3.8, 4) is 0 Å². The molecule has 1 rings (SSSR count). The Balaban J connectivity index is 2.66. The number of hydrogen-bond donors (Lipinski definition) is 0. The van der Waals surface area contributed by atoms with Gasteiger partial charge in [0.15, 0.2) is 0 Å². The van der Waals surface area contributed by atoms with E-state index < -0.39 is 0 Å². The van der Waals surface area contributed by atoms with Crippen LogP contribution in [0.4, 0.5) is 0 Å². The van der Waals surface area contributed by atoms with Crippen molar-refractivity contribution in [1.82, 2.24) is 0 Å². The van der Waals surface area contributed by atoms with Gasteiger partial charge in [-0.15, -0.1) is 0 Å². The molecular formula is C9H10BrClO2. The Hall–Kier alpha value is -0.0900. The summed E-state index contributed by atoms with van der Waals surface area (Å²) in [5, 5.41) is 0.921. The monoisotopic (exact) mass is 264 g/mol. The second-order valence-corrected chi connectivity index (χ2v) is 3.66. The molecule has 0 unspecified atom stereocenters. The zero-order chi connectivity index (χ0) is 9.52. The Bertz CT molecular complexity index is 255. The molecule has 72 valence electrons. The average molecular weight is 266 g/mol. The average Bonchev–Trinajstić information content (AvgIpc) is 2.17. The summed E-state index contributed by atoms with van der Waals surface area (Å²) >= 11 is 3.96. The number of benzene rings is 1. The van der Waals surface area contributed by atoms with Gasteiger partial charge in [0.05, 0.1) is 0 Å². The minimum Gasteiger partial charge on any atom is -0.506 e. The molecule has 0 amide bonds. The van der Waals surface area contributed by atoms with Gasteiger partial charge in [0.25, 0.3) is 0 Å². The summed E-state index contributed by atoms with van der Waals surface area (Å²) in [6.45, 7) is 0.362. The van der Waals surface area contributed by atoms with Crippen LogP contribution in [-0.2, 0) is 17.3 Å². The van der Waals surface area contributed by atoms with Crippen molar-refractivity contribution >= 4 is 15.9 Å². The lowest BCUT2D eigenvalue weighted by atomic mass is 10.1. The van der Waals surface area contributed by atoms with Gasteiger partial charge in [0.2, 0.25) is 0 Å². The zero-order valence-corrected chi connectivity index (χ0v) is 9.35. The van der Waals surface area contributed by atoms with Crippen molar-refractivity contribution in [3.05, 3.63) is 35.4 Å². The predicted octanol–water partition coefficient (Wildman–Crippen LogP) is 1.42. The second-order valence-electron chi connectivity index (χ2n) is 2.52. The summed E-state index contributed by atoms with van der Waals surface area (Å²) < 4.78 is 14.7. The molecule has 0 aromatic heterocycles. The van der Waals surface area contributed by atoms with Crippen LogP contribution >= 0.6 is 15.9 Å². The highest BCUT2D eigenvalue weighted by molar-refractivity contribution is 9.09. The predicted molar refractivity (Wildman–Crippen MR) is 48.7 cm³/mol. The molecular weight excluding hydrogens is 255 g/mol. The van der Waals surface area contributed by atoms with Crippen LogP contribution in [0, 0.1) is 11.3 Å². The summed E-state index contributed by atoms with van der Waals surface area (Å²) in [4.78, 5) is 0. The minimum atomic E-state index is 0.362. The number of aryl methyl sites for hydroxylation is 1. The fourth-order valence-electron chi connectivity index (χ4n) is 1.13. The first kappa shape index (κ1) is 11.0. The lowest BCUT2D eigenvalue weighted by Gasteiger charge is -2.03. The van der Waals surface area contributed by atoms with Gasteiger partial charge >= 0.3 is 11.3 Å². The molecule has 2 nitrogen and oxygen atoms in total. The van der Waals surface area contributed by atoms with Gasteiger partial charge in [-0.05, 0) is 17.5 Å². The van der Waals surface area contributed by atoms with Crippen LogP contribution < -0.4 is 4.66 Å². The largest absolute Gasteiger partial charge is 0.506 e. The zero-order valence-electron chi connectivity index (χ0n) is 7.00. The number of halogens is 2. The van der Waals surface area contributed by atoms with E-state index in [1.54, 1.807) is 0 Å². The van der Waals surface area contributed by atoms with Crippen LogP contribution in [0.1, 0.15) is 11.1 Å². The Morgan fingerprint density at radius 3 is 2.62 bits per heavy atom. The Morgan fingerprint density at radius 1 is 1.31 bits per heavy atom. The molecule has 0 saturated carbocycles. The molecule has 4 heteroatoms. The third-order valence-electron chi connectivity index (χ3n) is 1.74. The summed E-state index contributed by atoms with van der Waals surface area (Å²) in [5.74, 6) is 0. The van der Waals surface area contributed by atoms with Crippen LogP contribution in [0.5, 0.6) is 0 Å². The maximum absolute atomic E-state index is 10.0. The van der Waals surface area contributed by atoms with Crippen molar-refractivity contribution < 1.29 is 20.3 Å². The first-order chi connectivity index (χ1) is 6.38. The molecule has 1 aromatic carbocycles.